The monoisotopic (exact) mass is 324 g/mol. The summed E-state index contributed by atoms with van der Waals surface area (Å²) in [6.45, 7) is 10.1. The largest absolute Gasteiger partial charge is 0.239 e. The number of rotatable bonds is 6. The second-order valence-electron chi connectivity index (χ2n) is 8.02. The van der Waals surface area contributed by atoms with Gasteiger partial charge in [-0.05, 0) is 66.6 Å². The molecule has 3 rings (SSSR count). The molecule has 0 fully saturated rings. The molecule has 0 radical (unpaired) electrons. The lowest BCUT2D eigenvalue weighted by Crippen LogP contribution is -2.08. The third-order valence-corrected chi connectivity index (χ3v) is 5.60. The predicted molar refractivity (Wildman–Crippen MR) is 101 cm³/mol. The van der Waals surface area contributed by atoms with Crippen LogP contribution in [0.4, 0.5) is 4.39 Å². The maximum atomic E-state index is 14.4. The first-order valence-corrected chi connectivity index (χ1v) is 9.23. The van der Waals surface area contributed by atoms with Gasteiger partial charge in [0.05, 0.1) is 0 Å². The Hall–Kier alpha value is -1.63. The fourth-order valence-electron chi connectivity index (χ4n) is 4.13. The first-order chi connectivity index (χ1) is 11.3. The lowest BCUT2D eigenvalue weighted by atomic mass is 9.92. The topological polar surface area (TPSA) is 0 Å². The van der Waals surface area contributed by atoms with Crippen molar-refractivity contribution in [2.24, 2.45) is 0 Å². The Morgan fingerprint density at radius 2 is 1.79 bits per heavy atom. The molecule has 1 unspecified atom stereocenters. The summed E-state index contributed by atoms with van der Waals surface area (Å²) in [5, 5.41) is 0. The van der Waals surface area contributed by atoms with E-state index in [0.717, 1.165) is 11.1 Å². The molecule has 2 aromatic rings. The number of halogens is 1. The summed E-state index contributed by atoms with van der Waals surface area (Å²) in [5.41, 5.74) is 6.53. The van der Waals surface area contributed by atoms with Gasteiger partial charge >= 0.3 is 0 Å². The van der Waals surface area contributed by atoms with Crippen LogP contribution in [0.2, 0.25) is 0 Å². The zero-order valence-electron chi connectivity index (χ0n) is 15.7. The van der Waals surface area contributed by atoms with Gasteiger partial charge in [-0.2, -0.15) is 0 Å². The summed E-state index contributed by atoms with van der Waals surface area (Å²) in [6, 6.07) is 12.5. The third kappa shape index (κ3) is 2.90. The molecule has 0 spiro atoms. The Balaban J connectivity index is 1.99. The molecule has 0 amide bonds. The summed E-state index contributed by atoms with van der Waals surface area (Å²) >= 11 is 0. The Morgan fingerprint density at radius 1 is 1.04 bits per heavy atom. The molecule has 24 heavy (non-hydrogen) atoms. The fourth-order valence-corrected chi connectivity index (χ4v) is 4.13. The second kappa shape index (κ2) is 6.02. The van der Waals surface area contributed by atoms with Gasteiger partial charge in [0.1, 0.15) is 5.67 Å². The maximum absolute atomic E-state index is 14.4. The van der Waals surface area contributed by atoms with Crippen molar-refractivity contribution in [1.82, 2.24) is 0 Å². The zero-order valence-corrected chi connectivity index (χ0v) is 15.7. The van der Waals surface area contributed by atoms with Crippen molar-refractivity contribution in [3.05, 3.63) is 58.7 Å². The van der Waals surface area contributed by atoms with Crippen LogP contribution in [-0.2, 0) is 11.1 Å². The van der Waals surface area contributed by atoms with E-state index in [1.807, 2.05) is 18.2 Å². The minimum absolute atomic E-state index is 0.222. The van der Waals surface area contributed by atoms with Crippen molar-refractivity contribution >= 4 is 0 Å². The Bertz CT molecular complexity index is 751. The van der Waals surface area contributed by atoms with Crippen LogP contribution in [0.5, 0.6) is 0 Å². The van der Waals surface area contributed by atoms with E-state index in [1.165, 1.54) is 47.9 Å². The van der Waals surface area contributed by atoms with Crippen molar-refractivity contribution in [3.8, 4) is 11.1 Å². The van der Waals surface area contributed by atoms with Gasteiger partial charge in [0.15, 0.2) is 0 Å². The molecule has 0 bridgehead atoms. The number of hydrogen-bond acceptors (Lipinski definition) is 0. The molecule has 0 aromatic heterocycles. The van der Waals surface area contributed by atoms with E-state index >= 15 is 0 Å². The molecule has 0 saturated carbocycles. The van der Waals surface area contributed by atoms with E-state index in [4.69, 9.17) is 0 Å². The minimum Gasteiger partial charge on any atom is -0.239 e. The predicted octanol–water partition coefficient (Wildman–Crippen LogP) is 7.07. The van der Waals surface area contributed by atoms with Crippen LogP contribution in [0.15, 0.2) is 36.4 Å². The van der Waals surface area contributed by atoms with Crippen LogP contribution < -0.4 is 0 Å². The van der Waals surface area contributed by atoms with E-state index in [-0.39, 0.29) is 5.41 Å². The van der Waals surface area contributed by atoms with Gasteiger partial charge in [0.2, 0.25) is 0 Å². The number of benzene rings is 2. The van der Waals surface area contributed by atoms with Crippen molar-refractivity contribution in [1.29, 1.82) is 0 Å². The van der Waals surface area contributed by atoms with Crippen LogP contribution >= 0.6 is 0 Å². The highest BCUT2D eigenvalue weighted by Crippen LogP contribution is 2.58. The van der Waals surface area contributed by atoms with E-state index in [9.17, 15) is 4.39 Å². The molecule has 1 aliphatic carbocycles. The Labute approximate surface area is 146 Å². The lowest BCUT2D eigenvalue weighted by Gasteiger charge is -2.16. The molecule has 1 atom stereocenters. The van der Waals surface area contributed by atoms with Crippen LogP contribution in [-0.4, -0.2) is 0 Å². The van der Waals surface area contributed by atoms with Gasteiger partial charge in [-0.15, -0.1) is 0 Å². The molecule has 0 N–H and O–H groups in total. The van der Waals surface area contributed by atoms with Gasteiger partial charge in [0, 0.05) is 5.41 Å². The lowest BCUT2D eigenvalue weighted by molar-refractivity contribution is 0.221. The van der Waals surface area contributed by atoms with E-state index in [1.54, 1.807) is 13.8 Å². The molecule has 1 aliphatic rings. The standard InChI is InChI=1S/C23H29F/c1-6-7-8-14-23(5)20-16(2)12-13-19(21(20)23)17-10-9-11-18(15-17)22(3,4)24/h9-13,15H,6-8,14H2,1-5H3. The third-order valence-electron chi connectivity index (χ3n) is 5.60. The number of alkyl halides is 1. The molecular weight excluding hydrogens is 295 g/mol. The molecule has 0 saturated heterocycles. The number of aryl methyl sites for hydroxylation is 1. The van der Waals surface area contributed by atoms with Crippen LogP contribution in [0.1, 0.15) is 75.6 Å². The second-order valence-corrected chi connectivity index (χ2v) is 8.02. The summed E-state index contributed by atoms with van der Waals surface area (Å²) in [6.07, 6.45) is 5.05. The molecular formula is C23H29F. The van der Waals surface area contributed by atoms with Crippen LogP contribution in [0, 0.1) is 6.92 Å². The smallest absolute Gasteiger partial charge is 0.130 e. The van der Waals surface area contributed by atoms with E-state index < -0.39 is 5.67 Å². The van der Waals surface area contributed by atoms with E-state index in [0.29, 0.717) is 0 Å². The molecule has 1 heteroatoms. The highest BCUT2D eigenvalue weighted by atomic mass is 19.1. The molecule has 0 nitrogen and oxygen atoms in total. The molecule has 128 valence electrons. The average molecular weight is 324 g/mol. The first kappa shape index (κ1) is 17.2. The first-order valence-electron chi connectivity index (χ1n) is 9.23. The van der Waals surface area contributed by atoms with Crippen molar-refractivity contribution in [2.45, 2.75) is 71.4 Å². The number of fused-ring (bicyclic) bond motifs is 1. The summed E-state index contributed by atoms with van der Waals surface area (Å²) in [5.74, 6) is 0. The summed E-state index contributed by atoms with van der Waals surface area (Å²) < 4.78 is 14.4. The van der Waals surface area contributed by atoms with Crippen molar-refractivity contribution in [3.63, 3.8) is 0 Å². The zero-order chi connectivity index (χ0) is 17.5. The molecule has 0 aliphatic heterocycles. The maximum Gasteiger partial charge on any atom is 0.130 e. The Morgan fingerprint density at radius 3 is 2.46 bits per heavy atom. The van der Waals surface area contributed by atoms with Crippen LogP contribution in [0.25, 0.3) is 11.1 Å². The van der Waals surface area contributed by atoms with Gasteiger partial charge in [-0.25, -0.2) is 4.39 Å². The quantitative estimate of drug-likeness (QED) is 0.499. The SMILES string of the molecule is CCCCCC1(C)c2c(C)ccc(-c3cccc(C(C)(C)F)c3)c21. The van der Waals surface area contributed by atoms with Gasteiger partial charge in [-0.3, -0.25) is 0 Å². The van der Waals surface area contributed by atoms with Gasteiger partial charge in [0.25, 0.3) is 0 Å². The van der Waals surface area contributed by atoms with Crippen molar-refractivity contribution in [2.75, 3.05) is 0 Å². The van der Waals surface area contributed by atoms with Crippen LogP contribution in [0.3, 0.4) is 0 Å². The van der Waals surface area contributed by atoms with Gasteiger partial charge < -0.3 is 0 Å². The minimum atomic E-state index is -1.30. The van der Waals surface area contributed by atoms with Crippen molar-refractivity contribution < 1.29 is 4.39 Å². The molecule has 0 heterocycles. The highest BCUT2D eigenvalue weighted by molar-refractivity contribution is 5.81. The normalized spacial score (nSPS) is 19.2. The number of hydrogen-bond donors (Lipinski definition) is 0. The molecule has 2 aromatic carbocycles. The highest BCUT2D eigenvalue weighted by Gasteiger charge is 2.48. The summed E-state index contributed by atoms with van der Waals surface area (Å²) in [4.78, 5) is 0. The van der Waals surface area contributed by atoms with E-state index in [2.05, 4.69) is 39.0 Å². The fraction of sp³-hybridized carbons (Fsp3) is 0.478. The Kier molecular flexibility index (Phi) is 4.32. The number of unbranched alkanes of at least 4 members (excludes halogenated alkanes) is 2. The summed E-state index contributed by atoms with van der Waals surface area (Å²) in [7, 11) is 0. The average Bonchev–Trinajstić information content (AvgIpc) is 3.14. The van der Waals surface area contributed by atoms with Gasteiger partial charge in [-0.1, -0.05) is 63.4 Å².